The van der Waals surface area contributed by atoms with Crippen molar-refractivity contribution in [2.45, 2.75) is 18.9 Å². The summed E-state index contributed by atoms with van der Waals surface area (Å²) in [5.74, 6) is 0. The zero-order valence-corrected chi connectivity index (χ0v) is 7.53. The van der Waals surface area contributed by atoms with Crippen LogP contribution in [0.15, 0.2) is 12.4 Å². The maximum Gasteiger partial charge on any atom is 0.196 e. The third-order valence-electron chi connectivity index (χ3n) is 2.16. The Hall–Kier alpha value is -0.740. The smallest absolute Gasteiger partial charge is 0.196 e. The standard InChI is InChI=1S/C8H11N3S/c12-8-10-4-6(5-11-8)7-2-1-3-9-7/h4-5,7,9H,1-3H2,(H,10,11,12). The van der Waals surface area contributed by atoms with E-state index in [0.717, 1.165) is 6.54 Å². The van der Waals surface area contributed by atoms with Crippen molar-refractivity contribution in [2.24, 2.45) is 0 Å². The van der Waals surface area contributed by atoms with Crippen LogP contribution in [0.25, 0.3) is 0 Å². The maximum atomic E-state index is 4.86. The van der Waals surface area contributed by atoms with Crippen LogP contribution in [0.1, 0.15) is 24.4 Å². The molecule has 64 valence electrons. The number of aromatic amines is 1. The Kier molecular flexibility index (Phi) is 2.19. The van der Waals surface area contributed by atoms with E-state index in [9.17, 15) is 0 Å². The predicted octanol–water partition coefficient (Wildman–Crippen LogP) is 1.56. The van der Waals surface area contributed by atoms with Gasteiger partial charge in [-0.3, -0.25) is 0 Å². The highest BCUT2D eigenvalue weighted by molar-refractivity contribution is 7.71. The Labute approximate surface area is 76.2 Å². The van der Waals surface area contributed by atoms with Crippen LogP contribution in [0, 0.1) is 4.77 Å². The van der Waals surface area contributed by atoms with Gasteiger partial charge in [0.2, 0.25) is 0 Å². The Bertz CT molecular complexity index is 294. The number of nitrogens with one attached hydrogen (secondary N) is 2. The number of hydrogen-bond acceptors (Lipinski definition) is 3. The minimum Gasteiger partial charge on any atom is -0.337 e. The van der Waals surface area contributed by atoms with Crippen molar-refractivity contribution in [1.82, 2.24) is 15.3 Å². The molecule has 1 aliphatic heterocycles. The maximum absolute atomic E-state index is 4.86. The van der Waals surface area contributed by atoms with E-state index in [0.29, 0.717) is 10.8 Å². The van der Waals surface area contributed by atoms with Crippen molar-refractivity contribution < 1.29 is 0 Å². The molecule has 1 fully saturated rings. The summed E-state index contributed by atoms with van der Waals surface area (Å²) in [6.45, 7) is 1.11. The Morgan fingerprint density at radius 3 is 3.08 bits per heavy atom. The van der Waals surface area contributed by atoms with Gasteiger partial charge in [0.05, 0.1) is 0 Å². The molecule has 1 aliphatic rings. The van der Waals surface area contributed by atoms with Gasteiger partial charge in [-0.05, 0) is 31.6 Å². The molecule has 2 rings (SSSR count). The average Bonchev–Trinajstić information content (AvgIpc) is 2.58. The number of aromatic nitrogens is 2. The Morgan fingerprint density at radius 1 is 1.58 bits per heavy atom. The molecule has 0 radical (unpaired) electrons. The molecule has 0 aliphatic carbocycles. The Morgan fingerprint density at radius 2 is 2.50 bits per heavy atom. The average molecular weight is 181 g/mol. The van der Waals surface area contributed by atoms with E-state index in [-0.39, 0.29) is 0 Å². The highest BCUT2D eigenvalue weighted by Gasteiger charge is 2.15. The molecular formula is C8H11N3S. The van der Waals surface area contributed by atoms with Crippen molar-refractivity contribution in [2.75, 3.05) is 6.54 Å². The molecule has 0 spiro atoms. The topological polar surface area (TPSA) is 40.7 Å². The highest BCUT2D eigenvalue weighted by atomic mass is 32.1. The summed E-state index contributed by atoms with van der Waals surface area (Å²) in [7, 11) is 0. The highest BCUT2D eigenvalue weighted by Crippen LogP contribution is 2.20. The molecular weight excluding hydrogens is 170 g/mol. The molecule has 2 heterocycles. The molecule has 2 N–H and O–H groups in total. The normalized spacial score (nSPS) is 22.8. The monoisotopic (exact) mass is 181 g/mol. The van der Waals surface area contributed by atoms with Crippen LogP contribution in [-0.2, 0) is 0 Å². The fraction of sp³-hybridized carbons (Fsp3) is 0.500. The summed E-state index contributed by atoms with van der Waals surface area (Å²) >= 11 is 4.86. The van der Waals surface area contributed by atoms with Crippen molar-refractivity contribution >= 4 is 12.2 Å². The van der Waals surface area contributed by atoms with Gasteiger partial charge in [0.15, 0.2) is 4.77 Å². The van der Waals surface area contributed by atoms with E-state index >= 15 is 0 Å². The zero-order valence-electron chi connectivity index (χ0n) is 6.71. The molecule has 0 saturated carbocycles. The van der Waals surface area contributed by atoms with E-state index in [1.54, 1.807) is 0 Å². The van der Waals surface area contributed by atoms with E-state index in [1.807, 2.05) is 12.4 Å². The van der Waals surface area contributed by atoms with Gasteiger partial charge in [-0.2, -0.15) is 0 Å². The summed E-state index contributed by atoms with van der Waals surface area (Å²) in [6.07, 6.45) is 6.24. The largest absolute Gasteiger partial charge is 0.337 e. The van der Waals surface area contributed by atoms with Gasteiger partial charge in [0.1, 0.15) is 0 Å². The zero-order chi connectivity index (χ0) is 8.39. The van der Waals surface area contributed by atoms with Gasteiger partial charge in [-0.15, -0.1) is 0 Å². The lowest BCUT2D eigenvalue weighted by Gasteiger charge is -2.08. The second-order valence-corrected chi connectivity index (χ2v) is 3.39. The number of nitrogens with zero attached hydrogens (tertiary/aromatic N) is 1. The van der Waals surface area contributed by atoms with Crippen molar-refractivity contribution in [1.29, 1.82) is 0 Å². The summed E-state index contributed by atoms with van der Waals surface area (Å²) in [6, 6.07) is 0.476. The van der Waals surface area contributed by atoms with E-state index in [2.05, 4.69) is 15.3 Å². The molecule has 1 unspecified atom stereocenters. The van der Waals surface area contributed by atoms with Crippen molar-refractivity contribution in [3.05, 3.63) is 22.7 Å². The molecule has 3 nitrogen and oxygen atoms in total. The van der Waals surface area contributed by atoms with Crippen LogP contribution in [0.4, 0.5) is 0 Å². The molecule has 0 aromatic carbocycles. The summed E-state index contributed by atoms with van der Waals surface area (Å²) in [4.78, 5) is 6.98. The van der Waals surface area contributed by atoms with Gasteiger partial charge in [-0.1, -0.05) is 0 Å². The second-order valence-electron chi connectivity index (χ2n) is 3.00. The minimum atomic E-state index is 0.476. The van der Waals surface area contributed by atoms with Crippen LogP contribution in [0.2, 0.25) is 0 Å². The first-order valence-corrected chi connectivity index (χ1v) is 4.55. The van der Waals surface area contributed by atoms with Gasteiger partial charge >= 0.3 is 0 Å². The number of hydrogen-bond donors (Lipinski definition) is 2. The van der Waals surface area contributed by atoms with Gasteiger partial charge in [0, 0.05) is 24.0 Å². The third kappa shape index (κ3) is 1.54. The van der Waals surface area contributed by atoms with Crippen molar-refractivity contribution in [3.63, 3.8) is 0 Å². The molecule has 4 heteroatoms. The molecule has 0 amide bonds. The lowest BCUT2D eigenvalue weighted by molar-refractivity contribution is 0.641. The molecule has 12 heavy (non-hydrogen) atoms. The first-order chi connectivity index (χ1) is 5.86. The lowest BCUT2D eigenvalue weighted by atomic mass is 10.1. The first-order valence-electron chi connectivity index (χ1n) is 4.14. The molecule has 1 atom stereocenters. The molecule has 0 bridgehead atoms. The van der Waals surface area contributed by atoms with Crippen molar-refractivity contribution in [3.8, 4) is 0 Å². The number of H-pyrrole nitrogens is 1. The first kappa shape index (κ1) is 7.89. The van der Waals surface area contributed by atoms with E-state index in [1.165, 1.54) is 18.4 Å². The van der Waals surface area contributed by atoms with Crippen LogP contribution in [-0.4, -0.2) is 16.5 Å². The van der Waals surface area contributed by atoms with Crippen LogP contribution in [0.3, 0.4) is 0 Å². The van der Waals surface area contributed by atoms with Gasteiger partial charge in [0.25, 0.3) is 0 Å². The summed E-state index contributed by atoms with van der Waals surface area (Å²) in [5.41, 5.74) is 1.21. The lowest BCUT2D eigenvalue weighted by Crippen LogP contribution is -2.13. The van der Waals surface area contributed by atoms with Crippen LogP contribution < -0.4 is 5.32 Å². The molecule has 1 saturated heterocycles. The van der Waals surface area contributed by atoms with Crippen LogP contribution >= 0.6 is 12.2 Å². The van der Waals surface area contributed by atoms with E-state index < -0.39 is 0 Å². The Balaban J connectivity index is 2.22. The van der Waals surface area contributed by atoms with Gasteiger partial charge in [-0.25, -0.2) is 4.98 Å². The summed E-state index contributed by atoms with van der Waals surface area (Å²) in [5, 5.41) is 3.40. The molecule has 1 aromatic rings. The fourth-order valence-electron chi connectivity index (χ4n) is 1.51. The fourth-order valence-corrected chi connectivity index (χ4v) is 1.62. The van der Waals surface area contributed by atoms with Gasteiger partial charge < -0.3 is 10.3 Å². The van der Waals surface area contributed by atoms with Crippen LogP contribution in [0.5, 0.6) is 0 Å². The third-order valence-corrected chi connectivity index (χ3v) is 2.38. The second kappa shape index (κ2) is 3.33. The minimum absolute atomic E-state index is 0.476. The predicted molar refractivity (Wildman–Crippen MR) is 49.4 cm³/mol. The number of rotatable bonds is 1. The summed E-state index contributed by atoms with van der Waals surface area (Å²) < 4.78 is 0.553. The SMILES string of the molecule is S=c1ncc(C2CCCN2)c[nH]1. The molecule has 1 aromatic heterocycles. The van der Waals surface area contributed by atoms with E-state index in [4.69, 9.17) is 12.2 Å². The quantitative estimate of drug-likeness (QED) is 0.646.